The van der Waals surface area contributed by atoms with Crippen LogP contribution in [0, 0.1) is 0 Å². The number of nitrogens with one attached hydrogen (secondary N) is 1. The lowest BCUT2D eigenvalue weighted by Gasteiger charge is -2.17. The first-order valence-corrected chi connectivity index (χ1v) is 9.30. The summed E-state index contributed by atoms with van der Waals surface area (Å²) in [5.41, 5.74) is 3.83. The molecule has 0 bridgehead atoms. The van der Waals surface area contributed by atoms with Gasteiger partial charge in [0.15, 0.2) is 0 Å². The lowest BCUT2D eigenvalue weighted by atomic mass is 10.0. The summed E-state index contributed by atoms with van der Waals surface area (Å²) in [5, 5.41) is 2.89. The first kappa shape index (κ1) is 19.4. The number of rotatable bonds is 5. The van der Waals surface area contributed by atoms with Gasteiger partial charge in [0.25, 0.3) is 11.8 Å². The molecular weight excluding hydrogens is 348 g/mol. The minimum absolute atomic E-state index is 0.123. The Kier molecular flexibility index (Phi) is 5.90. The number of carbonyl (C=O) groups is 2. The number of nitrogens with zero attached hydrogens (tertiary/aromatic N) is 1. The van der Waals surface area contributed by atoms with Crippen molar-refractivity contribution in [3.63, 3.8) is 0 Å². The van der Waals surface area contributed by atoms with Crippen LogP contribution in [0.2, 0.25) is 0 Å². The number of para-hydroxylation sites is 1. The number of hydrogen-bond acceptors (Lipinski definition) is 2. The molecule has 1 N–H and O–H groups in total. The van der Waals surface area contributed by atoms with Gasteiger partial charge in [0.1, 0.15) is 0 Å². The van der Waals surface area contributed by atoms with Gasteiger partial charge in [-0.15, -0.1) is 0 Å². The van der Waals surface area contributed by atoms with E-state index in [1.807, 2.05) is 54.6 Å². The molecule has 0 aliphatic carbocycles. The molecule has 0 atom stereocenters. The maximum absolute atomic E-state index is 12.6. The van der Waals surface area contributed by atoms with E-state index in [9.17, 15) is 9.59 Å². The average Bonchev–Trinajstić information content (AvgIpc) is 2.73. The Labute approximate surface area is 165 Å². The van der Waals surface area contributed by atoms with Gasteiger partial charge in [0, 0.05) is 29.5 Å². The molecule has 28 heavy (non-hydrogen) atoms. The van der Waals surface area contributed by atoms with E-state index in [4.69, 9.17) is 0 Å². The van der Waals surface area contributed by atoms with Gasteiger partial charge in [-0.1, -0.05) is 44.2 Å². The lowest BCUT2D eigenvalue weighted by Crippen LogP contribution is -2.26. The Bertz CT molecular complexity index is 946. The second-order valence-electron chi connectivity index (χ2n) is 7.01. The molecule has 142 valence electrons. The molecule has 0 aliphatic rings. The second-order valence-corrected chi connectivity index (χ2v) is 7.01. The van der Waals surface area contributed by atoms with Crippen LogP contribution in [0.4, 0.5) is 11.4 Å². The van der Waals surface area contributed by atoms with Crippen molar-refractivity contribution in [2.45, 2.75) is 19.8 Å². The highest BCUT2D eigenvalue weighted by atomic mass is 16.2. The molecule has 3 aromatic carbocycles. The van der Waals surface area contributed by atoms with Crippen LogP contribution >= 0.6 is 0 Å². The van der Waals surface area contributed by atoms with Gasteiger partial charge in [0.05, 0.1) is 0 Å². The highest BCUT2D eigenvalue weighted by Gasteiger charge is 2.14. The first-order chi connectivity index (χ1) is 13.5. The number of benzene rings is 3. The minimum atomic E-state index is -0.201. The summed E-state index contributed by atoms with van der Waals surface area (Å²) in [6.07, 6.45) is 0. The van der Waals surface area contributed by atoms with Gasteiger partial charge in [-0.2, -0.15) is 0 Å². The number of anilines is 2. The van der Waals surface area contributed by atoms with Crippen LogP contribution in [-0.2, 0) is 0 Å². The predicted molar refractivity (Wildman–Crippen MR) is 114 cm³/mol. The van der Waals surface area contributed by atoms with Gasteiger partial charge in [-0.25, -0.2) is 0 Å². The van der Waals surface area contributed by atoms with Crippen molar-refractivity contribution >= 4 is 23.2 Å². The van der Waals surface area contributed by atoms with E-state index in [1.54, 1.807) is 36.2 Å². The Morgan fingerprint density at radius 1 is 0.786 bits per heavy atom. The van der Waals surface area contributed by atoms with Crippen molar-refractivity contribution in [1.82, 2.24) is 0 Å². The molecule has 0 heterocycles. The van der Waals surface area contributed by atoms with Crippen LogP contribution in [0.15, 0.2) is 78.9 Å². The molecule has 0 aromatic heterocycles. The van der Waals surface area contributed by atoms with E-state index in [2.05, 4.69) is 19.2 Å². The van der Waals surface area contributed by atoms with Crippen LogP contribution in [-0.4, -0.2) is 18.9 Å². The lowest BCUT2D eigenvalue weighted by molar-refractivity contribution is 0.0989. The SMILES string of the molecule is CC(C)c1ccc(NC(=O)c2ccc(C(=O)N(C)c3ccccc3)cc2)cc1. The predicted octanol–water partition coefficient (Wildman–Crippen LogP) is 5.34. The molecule has 0 radical (unpaired) electrons. The summed E-state index contributed by atoms with van der Waals surface area (Å²) in [6.45, 7) is 4.26. The van der Waals surface area contributed by atoms with E-state index < -0.39 is 0 Å². The third kappa shape index (κ3) is 4.46. The van der Waals surface area contributed by atoms with Crippen molar-refractivity contribution in [3.05, 3.63) is 95.6 Å². The largest absolute Gasteiger partial charge is 0.322 e. The Morgan fingerprint density at radius 2 is 1.36 bits per heavy atom. The maximum Gasteiger partial charge on any atom is 0.258 e. The third-order valence-corrected chi connectivity index (χ3v) is 4.68. The summed E-state index contributed by atoms with van der Waals surface area (Å²) >= 11 is 0. The van der Waals surface area contributed by atoms with Gasteiger partial charge >= 0.3 is 0 Å². The zero-order chi connectivity index (χ0) is 20.1. The van der Waals surface area contributed by atoms with Gasteiger partial charge in [0.2, 0.25) is 0 Å². The fraction of sp³-hybridized carbons (Fsp3) is 0.167. The number of hydrogen-bond donors (Lipinski definition) is 1. The fourth-order valence-corrected chi connectivity index (χ4v) is 2.88. The van der Waals surface area contributed by atoms with E-state index in [-0.39, 0.29) is 11.8 Å². The summed E-state index contributed by atoms with van der Waals surface area (Å²) < 4.78 is 0. The molecule has 0 spiro atoms. The smallest absolute Gasteiger partial charge is 0.258 e. The highest BCUT2D eigenvalue weighted by molar-refractivity contribution is 6.08. The van der Waals surface area contributed by atoms with Crippen LogP contribution in [0.5, 0.6) is 0 Å². The van der Waals surface area contributed by atoms with Gasteiger partial charge < -0.3 is 10.2 Å². The van der Waals surface area contributed by atoms with Gasteiger partial charge in [-0.05, 0) is 60.0 Å². The molecular formula is C24H24N2O2. The molecule has 0 fully saturated rings. The van der Waals surface area contributed by atoms with Crippen molar-refractivity contribution < 1.29 is 9.59 Å². The Balaban J connectivity index is 1.68. The molecule has 3 rings (SSSR count). The second kappa shape index (κ2) is 8.53. The minimum Gasteiger partial charge on any atom is -0.322 e. The monoisotopic (exact) mass is 372 g/mol. The van der Waals surface area contributed by atoms with E-state index >= 15 is 0 Å². The topological polar surface area (TPSA) is 49.4 Å². The Morgan fingerprint density at radius 3 is 1.93 bits per heavy atom. The molecule has 4 nitrogen and oxygen atoms in total. The maximum atomic E-state index is 12.6. The van der Waals surface area contributed by atoms with Crippen LogP contribution in [0.25, 0.3) is 0 Å². The van der Waals surface area contributed by atoms with Crippen molar-refractivity contribution in [2.24, 2.45) is 0 Å². The van der Waals surface area contributed by atoms with Crippen molar-refractivity contribution in [2.75, 3.05) is 17.3 Å². The molecule has 4 heteroatoms. The summed E-state index contributed by atoms with van der Waals surface area (Å²) in [4.78, 5) is 26.7. The van der Waals surface area contributed by atoms with Crippen LogP contribution in [0.3, 0.4) is 0 Å². The zero-order valence-corrected chi connectivity index (χ0v) is 16.3. The molecule has 0 aliphatic heterocycles. The first-order valence-electron chi connectivity index (χ1n) is 9.30. The fourth-order valence-electron chi connectivity index (χ4n) is 2.88. The summed E-state index contributed by atoms with van der Waals surface area (Å²) in [5.74, 6) is 0.124. The van der Waals surface area contributed by atoms with Gasteiger partial charge in [-0.3, -0.25) is 9.59 Å². The molecule has 0 unspecified atom stereocenters. The van der Waals surface area contributed by atoms with Crippen LogP contribution < -0.4 is 10.2 Å². The molecule has 3 aromatic rings. The summed E-state index contributed by atoms with van der Waals surface area (Å²) in [7, 11) is 1.74. The van der Waals surface area contributed by atoms with E-state index in [1.165, 1.54) is 5.56 Å². The normalized spacial score (nSPS) is 10.6. The molecule has 0 saturated heterocycles. The van der Waals surface area contributed by atoms with E-state index in [0.717, 1.165) is 11.4 Å². The zero-order valence-electron chi connectivity index (χ0n) is 16.3. The van der Waals surface area contributed by atoms with E-state index in [0.29, 0.717) is 17.0 Å². The third-order valence-electron chi connectivity index (χ3n) is 4.68. The molecule has 0 saturated carbocycles. The average molecular weight is 372 g/mol. The van der Waals surface area contributed by atoms with Crippen molar-refractivity contribution in [1.29, 1.82) is 0 Å². The quantitative estimate of drug-likeness (QED) is 0.657. The molecule has 2 amide bonds. The van der Waals surface area contributed by atoms with Crippen molar-refractivity contribution in [3.8, 4) is 0 Å². The Hall–Kier alpha value is -3.40. The standard InChI is InChI=1S/C24H24N2O2/c1-17(2)18-13-15-21(16-14-18)25-23(27)19-9-11-20(12-10-19)24(28)26(3)22-7-5-4-6-8-22/h4-17H,1-3H3,(H,25,27). The highest BCUT2D eigenvalue weighted by Crippen LogP contribution is 2.19. The summed E-state index contributed by atoms with van der Waals surface area (Å²) in [6, 6.07) is 24.0. The number of amides is 2. The number of carbonyl (C=O) groups excluding carboxylic acids is 2. The van der Waals surface area contributed by atoms with Crippen LogP contribution in [0.1, 0.15) is 46.0 Å².